The van der Waals surface area contributed by atoms with E-state index in [0.29, 0.717) is 41.8 Å². The maximum absolute atomic E-state index is 11.8. The van der Waals surface area contributed by atoms with E-state index in [9.17, 15) is 9.59 Å². The van der Waals surface area contributed by atoms with Gasteiger partial charge in [0, 0.05) is 12.8 Å². The van der Waals surface area contributed by atoms with Crippen molar-refractivity contribution in [2.75, 3.05) is 0 Å². The Labute approximate surface area is 168 Å². The third-order valence-corrected chi connectivity index (χ3v) is 7.53. The Morgan fingerprint density at radius 1 is 1.14 bits per heavy atom. The highest BCUT2D eigenvalue weighted by Crippen LogP contribution is 2.61. The number of hydrogen-bond donors (Lipinski definition) is 0. The first kappa shape index (κ1) is 19.5. The SMILES string of the molecule is CCC(=O)Oc1ccc2c(c1)CCC1C2CCC2(C)CC(OC(=O)CC)CC12. The lowest BCUT2D eigenvalue weighted by Gasteiger charge is -2.49. The maximum Gasteiger partial charge on any atom is 0.310 e. The van der Waals surface area contributed by atoms with Crippen LogP contribution in [0.25, 0.3) is 0 Å². The van der Waals surface area contributed by atoms with Gasteiger partial charge in [0.05, 0.1) is 0 Å². The van der Waals surface area contributed by atoms with Crippen molar-refractivity contribution < 1.29 is 19.1 Å². The van der Waals surface area contributed by atoms with Crippen molar-refractivity contribution in [1.82, 2.24) is 0 Å². The molecule has 0 aromatic heterocycles. The Bertz CT molecular complexity index is 770. The van der Waals surface area contributed by atoms with Crippen LogP contribution in [-0.2, 0) is 20.7 Å². The molecule has 5 atom stereocenters. The van der Waals surface area contributed by atoms with E-state index < -0.39 is 0 Å². The molecule has 0 amide bonds. The first-order valence-corrected chi connectivity index (χ1v) is 11.0. The molecule has 1 aromatic carbocycles. The minimum absolute atomic E-state index is 0.0630. The Kier molecular flexibility index (Phi) is 5.24. The number of hydrogen-bond acceptors (Lipinski definition) is 4. The Morgan fingerprint density at radius 2 is 1.93 bits per heavy atom. The van der Waals surface area contributed by atoms with E-state index in [4.69, 9.17) is 9.47 Å². The Morgan fingerprint density at radius 3 is 2.68 bits per heavy atom. The number of esters is 2. The van der Waals surface area contributed by atoms with Crippen molar-refractivity contribution in [1.29, 1.82) is 0 Å². The zero-order chi connectivity index (χ0) is 19.9. The number of carbonyl (C=O) groups excluding carboxylic acids is 2. The topological polar surface area (TPSA) is 52.6 Å². The lowest BCUT2D eigenvalue weighted by Crippen LogP contribution is -2.39. The molecule has 0 heterocycles. The van der Waals surface area contributed by atoms with Crippen LogP contribution in [-0.4, -0.2) is 18.0 Å². The number of benzene rings is 1. The highest BCUT2D eigenvalue weighted by atomic mass is 16.5. The molecule has 4 heteroatoms. The highest BCUT2D eigenvalue weighted by molar-refractivity contribution is 5.72. The first-order chi connectivity index (χ1) is 13.4. The number of aryl methyl sites for hydroxylation is 1. The van der Waals surface area contributed by atoms with Crippen molar-refractivity contribution in [3.05, 3.63) is 29.3 Å². The summed E-state index contributed by atoms with van der Waals surface area (Å²) in [7, 11) is 0. The molecule has 0 aliphatic heterocycles. The number of fused-ring (bicyclic) bond motifs is 5. The summed E-state index contributed by atoms with van der Waals surface area (Å²) in [5, 5.41) is 0. The molecule has 28 heavy (non-hydrogen) atoms. The van der Waals surface area contributed by atoms with E-state index in [1.165, 1.54) is 30.4 Å². The normalized spacial score (nSPS) is 33.4. The van der Waals surface area contributed by atoms with Crippen LogP contribution >= 0.6 is 0 Å². The van der Waals surface area contributed by atoms with Gasteiger partial charge in [-0.05, 0) is 85.0 Å². The van der Waals surface area contributed by atoms with Gasteiger partial charge in [-0.1, -0.05) is 26.8 Å². The summed E-state index contributed by atoms with van der Waals surface area (Å²) in [5.41, 5.74) is 3.09. The van der Waals surface area contributed by atoms with Gasteiger partial charge in [-0.2, -0.15) is 0 Å². The Hall–Kier alpha value is -1.84. The molecule has 4 nitrogen and oxygen atoms in total. The van der Waals surface area contributed by atoms with Gasteiger partial charge in [0.2, 0.25) is 0 Å². The second kappa shape index (κ2) is 7.53. The van der Waals surface area contributed by atoms with Crippen molar-refractivity contribution in [2.24, 2.45) is 17.3 Å². The van der Waals surface area contributed by atoms with Crippen LogP contribution in [0, 0.1) is 17.3 Å². The smallest absolute Gasteiger partial charge is 0.310 e. The summed E-state index contributed by atoms with van der Waals surface area (Å²) in [6.45, 7) is 6.10. The molecule has 3 aliphatic rings. The quantitative estimate of drug-likeness (QED) is 0.530. The third kappa shape index (κ3) is 3.46. The summed E-state index contributed by atoms with van der Waals surface area (Å²) in [4.78, 5) is 23.4. The molecule has 4 rings (SSSR count). The van der Waals surface area contributed by atoms with Crippen LogP contribution in [0.15, 0.2) is 18.2 Å². The zero-order valence-electron chi connectivity index (χ0n) is 17.3. The molecule has 0 spiro atoms. The van der Waals surface area contributed by atoms with Gasteiger partial charge in [-0.15, -0.1) is 0 Å². The first-order valence-electron chi connectivity index (χ1n) is 11.0. The van der Waals surface area contributed by atoms with E-state index in [2.05, 4.69) is 19.1 Å². The molecule has 1 aromatic rings. The lowest BCUT2D eigenvalue weighted by molar-refractivity contribution is -0.148. The van der Waals surface area contributed by atoms with Crippen molar-refractivity contribution in [2.45, 2.75) is 84.2 Å². The number of rotatable bonds is 4. The minimum Gasteiger partial charge on any atom is -0.462 e. The van der Waals surface area contributed by atoms with Gasteiger partial charge in [-0.3, -0.25) is 9.59 Å². The second-order valence-corrected chi connectivity index (χ2v) is 9.20. The number of ether oxygens (including phenoxy) is 2. The summed E-state index contributed by atoms with van der Waals surface area (Å²) in [5.74, 6) is 2.32. The van der Waals surface area contributed by atoms with E-state index in [1.807, 2.05) is 19.9 Å². The molecular weight excluding hydrogens is 352 g/mol. The number of carbonyl (C=O) groups is 2. The van der Waals surface area contributed by atoms with Crippen molar-refractivity contribution in [3.63, 3.8) is 0 Å². The summed E-state index contributed by atoms with van der Waals surface area (Å²) >= 11 is 0. The van der Waals surface area contributed by atoms with Crippen LogP contribution in [0.1, 0.15) is 82.8 Å². The fourth-order valence-electron chi connectivity index (χ4n) is 6.18. The van der Waals surface area contributed by atoms with Gasteiger partial charge in [0.25, 0.3) is 0 Å². The van der Waals surface area contributed by atoms with Crippen LogP contribution < -0.4 is 4.74 Å². The molecule has 0 radical (unpaired) electrons. The van der Waals surface area contributed by atoms with Gasteiger partial charge >= 0.3 is 11.9 Å². The summed E-state index contributed by atoms with van der Waals surface area (Å²) in [6.07, 6.45) is 7.61. The Balaban J connectivity index is 1.53. The van der Waals surface area contributed by atoms with E-state index in [-0.39, 0.29) is 18.0 Å². The third-order valence-electron chi connectivity index (χ3n) is 7.53. The average Bonchev–Trinajstić information content (AvgIpc) is 3.03. The van der Waals surface area contributed by atoms with E-state index >= 15 is 0 Å². The van der Waals surface area contributed by atoms with Crippen LogP contribution in [0.4, 0.5) is 0 Å². The molecule has 152 valence electrons. The van der Waals surface area contributed by atoms with Gasteiger partial charge in [0.15, 0.2) is 0 Å². The fourth-order valence-corrected chi connectivity index (χ4v) is 6.18. The van der Waals surface area contributed by atoms with Crippen molar-refractivity contribution in [3.8, 4) is 5.75 Å². The van der Waals surface area contributed by atoms with Gasteiger partial charge in [0.1, 0.15) is 11.9 Å². The molecular formula is C24H32O4. The molecule has 2 saturated carbocycles. The molecule has 0 N–H and O–H groups in total. The predicted molar refractivity (Wildman–Crippen MR) is 107 cm³/mol. The van der Waals surface area contributed by atoms with Gasteiger partial charge in [-0.25, -0.2) is 0 Å². The second-order valence-electron chi connectivity index (χ2n) is 9.20. The molecule has 0 saturated heterocycles. The van der Waals surface area contributed by atoms with Crippen LogP contribution in [0.2, 0.25) is 0 Å². The zero-order valence-corrected chi connectivity index (χ0v) is 17.3. The average molecular weight is 385 g/mol. The predicted octanol–water partition coefficient (Wildman–Crippen LogP) is 5.18. The largest absolute Gasteiger partial charge is 0.462 e. The van der Waals surface area contributed by atoms with Gasteiger partial charge < -0.3 is 9.47 Å². The minimum atomic E-state index is -0.180. The standard InChI is InChI=1S/C24H32O4/c1-4-22(25)27-16-7-9-18-15(12-16)6-8-20-19(18)10-11-24(3)14-17(13-21(20)24)28-23(26)5-2/h7,9,12,17,19-21H,4-6,8,10-11,13-14H2,1-3H3. The molecule has 5 unspecified atom stereocenters. The fraction of sp³-hybridized carbons (Fsp3) is 0.667. The lowest BCUT2D eigenvalue weighted by atomic mass is 9.56. The highest BCUT2D eigenvalue weighted by Gasteiger charge is 2.53. The molecule has 3 aliphatic carbocycles. The van der Waals surface area contributed by atoms with Crippen LogP contribution in [0.5, 0.6) is 5.75 Å². The van der Waals surface area contributed by atoms with E-state index in [0.717, 1.165) is 19.3 Å². The van der Waals surface area contributed by atoms with E-state index in [1.54, 1.807) is 0 Å². The molecule has 2 fully saturated rings. The maximum atomic E-state index is 11.8. The molecule has 0 bridgehead atoms. The van der Waals surface area contributed by atoms with Crippen molar-refractivity contribution >= 4 is 11.9 Å². The monoisotopic (exact) mass is 384 g/mol. The van der Waals surface area contributed by atoms with Crippen LogP contribution in [0.3, 0.4) is 0 Å². The summed E-state index contributed by atoms with van der Waals surface area (Å²) in [6, 6.07) is 6.23. The summed E-state index contributed by atoms with van der Waals surface area (Å²) < 4.78 is 11.2.